The molecule has 0 heterocycles. The molecule has 0 atom stereocenters. The highest BCUT2D eigenvalue weighted by Gasteiger charge is 2.06. The lowest BCUT2D eigenvalue weighted by molar-refractivity contribution is 0.395. The zero-order chi connectivity index (χ0) is 13.5. The topological polar surface area (TPSA) is 117 Å². The van der Waals surface area contributed by atoms with Crippen LogP contribution in [0.2, 0.25) is 0 Å². The standard InChI is InChI=1S/C11H13N5O2/c1-17-7-3-4-8(10(5-7)18-2)15-16-9(6-12)11(13)14/h3-5,15H,1-2H3,(H3,13,14)/b16-9+. The van der Waals surface area contributed by atoms with Gasteiger partial charge in [-0.05, 0) is 12.1 Å². The van der Waals surface area contributed by atoms with Crippen LogP contribution < -0.4 is 20.6 Å². The third-order valence-electron chi connectivity index (χ3n) is 2.06. The fourth-order valence-corrected chi connectivity index (χ4v) is 1.15. The first-order valence-electron chi connectivity index (χ1n) is 4.92. The Kier molecular flexibility index (Phi) is 4.51. The van der Waals surface area contributed by atoms with Gasteiger partial charge in [0.15, 0.2) is 5.84 Å². The lowest BCUT2D eigenvalue weighted by Crippen LogP contribution is -2.21. The van der Waals surface area contributed by atoms with Crippen molar-refractivity contribution < 1.29 is 9.47 Å². The van der Waals surface area contributed by atoms with Crippen LogP contribution in [0.15, 0.2) is 23.3 Å². The summed E-state index contributed by atoms with van der Waals surface area (Å²) in [5.41, 5.74) is 8.11. The highest BCUT2D eigenvalue weighted by atomic mass is 16.5. The maximum absolute atomic E-state index is 8.69. The van der Waals surface area contributed by atoms with Crippen LogP contribution >= 0.6 is 0 Å². The molecule has 18 heavy (non-hydrogen) atoms. The molecule has 0 saturated heterocycles. The minimum absolute atomic E-state index is 0.201. The highest BCUT2D eigenvalue weighted by Crippen LogP contribution is 2.28. The molecule has 1 aromatic rings. The molecule has 0 spiro atoms. The Morgan fingerprint density at radius 1 is 1.44 bits per heavy atom. The Balaban J connectivity index is 2.98. The van der Waals surface area contributed by atoms with Crippen molar-refractivity contribution in [2.45, 2.75) is 0 Å². The first-order chi connectivity index (χ1) is 8.62. The SMILES string of the molecule is COc1ccc(N/N=C(\C#N)C(=N)N)c(OC)c1. The minimum Gasteiger partial charge on any atom is -0.497 e. The molecule has 1 aromatic carbocycles. The number of amidine groups is 1. The monoisotopic (exact) mass is 247 g/mol. The summed E-state index contributed by atoms with van der Waals surface area (Å²) in [6.07, 6.45) is 0. The van der Waals surface area contributed by atoms with Crippen LogP contribution in [-0.4, -0.2) is 25.8 Å². The van der Waals surface area contributed by atoms with Gasteiger partial charge in [0.1, 0.15) is 17.6 Å². The summed E-state index contributed by atoms with van der Waals surface area (Å²) in [4.78, 5) is 0. The van der Waals surface area contributed by atoms with E-state index < -0.39 is 5.84 Å². The van der Waals surface area contributed by atoms with Gasteiger partial charge >= 0.3 is 0 Å². The van der Waals surface area contributed by atoms with E-state index >= 15 is 0 Å². The predicted molar refractivity (Wildman–Crippen MR) is 68.1 cm³/mol. The molecule has 0 aliphatic rings. The lowest BCUT2D eigenvalue weighted by Gasteiger charge is -2.09. The zero-order valence-electron chi connectivity index (χ0n) is 10.0. The van der Waals surface area contributed by atoms with Crippen molar-refractivity contribution in [3.05, 3.63) is 18.2 Å². The molecule has 7 nitrogen and oxygen atoms in total. The zero-order valence-corrected chi connectivity index (χ0v) is 10.0. The van der Waals surface area contributed by atoms with E-state index in [0.717, 1.165) is 0 Å². The molecule has 0 bridgehead atoms. The number of benzene rings is 1. The average molecular weight is 247 g/mol. The number of hydrogen-bond acceptors (Lipinski definition) is 6. The predicted octanol–water partition coefficient (Wildman–Crippen LogP) is 0.931. The molecule has 0 aliphatic carbocycles. The summed E-state index contributed by atoms with van der Waals surface area (Å²) in [7, 11) is 3.05. The van der Waals surface area contributed by atoms with Crippen LogP contribution in [0.4, 0.5) is 5.69 Å². The molecule has 7 heteroatoms. The van der Waals surface area contributed by atoms with Crippen molar-refractivity contribution in [3.8, 4) is 17.6 Å². The van der Waals surface area contributed by atoms with E-state index in [0.29, 0.717) is 17.2 Å². The van der Waals surface area contributed by atoms with Crippen molar-refractivity contribution in [1.82, 2.24) is 0 Å². The van der Waals surface area contributed by atoms with E-state index in [-0.39, 0.29) is 5.71 Å². The summed E-state index contributed by atoms with van der Waals surface area (Å²) >= 11 is 0. The second-order valence-corrected chi connectivity index (χ2v) is 3.16. The molecular formula is C11H13N5O2. The van der Waals surface area contributed by atoms with E-state index in [4.69, 9.17) is 25.9 Å². The second kappa shape index (κ2) is 6.10. The van der Waals surface area contributed by atoms with Crippen LogP contribution in [0.1, 0.15) is 0 Å². The minimum atomic E-state index is -0.405. The third-order valence-corrected chi connectivity index (χ3v) is 2.06. The first-order valence-corrected chi connectivity index (χ1v) is 4.92. The van der Waals surface area contributed by atoms with Gasteiger partial charge in [-0.15, -0.1) is 0 Å². The van der Waals surface area contributed by atoms with Gasteiger partial charge in [-0.1, -0.05) is 0 Å². The number of anilines is 1. The van der Waals surface area contributed by atoms with Gasteiger partial charge in [0.2, 0.25) is 5.71 Å². The second-order valence-electron chi connectivity index (χ2n) is 3.16. The summed E-state index contributed by atoms with van der Waals surface area (Å²) in [5, 5.41) is 19.5. The van der Waals surface area contributed by atoms with E-state index in [1.165, 1.54) is 7.11 Å². The largest absolute Gasteiger partial charge is 0.497 e. The Morgan fingerprint density at radius 2 is 2.17 bits per heavy atom. The van der Waals surface area contributed by atoms with Crippen molar-refractivity contribution in [2.24, 2.45) is 10.8 Å². The van der Waals surface area contributed by atoms with E-state index in [2.05, 4.69) is 10.5 Å². The number of nitrogens with two attached hydrogens (primary N) is 1. The van der Waals surface area contributed by atoms with Gasteiger partial charge in [0, 0.05) is 6.07 Å². The fourth-order valence-electron chi connectivity index (χ4n) is 1.15. The molecule has 0 fully saturated rings. The molecule has 0 aliphatic heterocycles. The number of nitriles is 1. The van der Waals surface area contributed by atoms with E-state index in [9.17, 15) is 0 Å². The Labute approximate surface area is 104 Å². The van der Waals surface area contributed by atoms with Crippen molar-refractivity contribution in [1.29, 1.82) is 10.7 Å². The van der Waals surface area contributed by atoms with E-state index in [1.807, 2.05) is 0 Å². The van der Waals surface area contributed by atoms with Gasteiger partial charge in [0.05, 0.1) is 19.9 Å². The summed E-state index contributed by atoms with van der Waals surface area (Å²) in [6.45, 7) is 0. The number of ether oxygens (including phenoxy) is 2. The molecule has 0 unspecified atom stereocenters. The summed E-state index contributed by atoms with van der Waals surface area (Å²) < 4.78 is 10.2. The number of rotatable bonds is 5. The quantitative estimate of drug-likeness (QED) is 0.406. The van der Waals surface area contributed by atoms with Crippen molar-refractivity contribution in [3.63, 3.8) is 0 Å². The van der Waals surface area contributed by atoms with Crippen LogP contribution in [-0.2, 0) is 0 Å². The molecule has 1 rings (SSSR count). The number of hydrazone groups is 1. The van der Waals surface area contributed by atoms with Crippen LogP contribution in [0.3, 0.4) is 0 Å². The summed E-state index contributed by atoms with van der Waals surface area (Å²) in [6, 6.07) is 6.75. The molecule has 0 radical (unpaired) electrons. The van der Waals surface area contributed by atoms with Gasteiger partial charge < -0.3 is 15.2 Å². The molecule has 0 aromatic heterocycles. The fraction of sp³-hybridized carbons (Fsp3) is 0.182. The highest BCUT2D eigenvalue weighted by molar-refractivity contribution is 6.45. The third kappa shape index (κ3) is 3.12. The molecule has 0 saturated carbocycles. The Hall–Kier alpha value is -2.75. The van der Waals surface area contributed by atoms with E-state index in [1.54, 1.807) is 31.4 Å². The summed E-state index contributed by atoms with van der Waals surface area (Å²) in [5.74, 6) is 0.727. The van der Waals surface area contributed by atoms with Gasteiger partial charge in [-0.25, -0.2) is 0 Å². The number of hydrogen-bond donors (Lipinski definition) is 3. The Morgan fingerprint density at radius 3 is 2.67 bits per heavy atom. The van der Waals surface area contributed by atoms with Gasteiger partial charge in [-0.2, -0.15) is 10.4 Å². The van der Waals surface area contributed by atoms with Crippen molar-refractivity contribution in [2.75, 3.05) is 19.6 Å². The molecular weight excluding hydrogens is 234 g/mol. The van der Waals surface area contributed by atoms with Crippen LogP contribution in [0.5, 0.6) is 11.5 Å². The first kappa shape index (κ1) is 13.3. The Bertz CT molecular complexity index is 519. The molecule has 0 amide bonds. The number of methoxy groups -OCH3 is 2. The van der Waals surface area contributed by atoms with Gasteiger partial charge in [-0.3, -0.25) is 10.8 Å². The van der Waals surface area contributed by atoms with Crippen molar-refractivity contribution >= 4 is 17.2 Å². The molecule has 94 valence electrons. The smallest absolute Gasteiger partial charge is 0.201 e. The van der Waals surface area contributed by atoms with Gasteiger partial charge in [0.25, 0.3) is 0 Å². The molecule has 4 N–H and O–H groups in total. The average Bonchev–Trinajstić information content (AvgIpc) is 2.39. The number of nitrogens with zero attached hydrogens (tertiary/aromatic N) is 2. The number of nitrogens with one attached hydrogen (secondary N) is 2. The normalized spacial score (nSPS) is 10.4. The maximum atomic E-state index is 8.69. The van der Waals surface area contributed by atoms with Crippen LogP contribution in [0, 0.1) is 16.7 Å². The lowest BCUT2D eigenvalue weighted by atomic mass is 10.3. The maximum Gasteiger partial charge on any atom is 0.201 e. The van der Waals surface area contributed by atoms with Crippen LogP contribution in [0.25, 0.3) is 0 Å².